The molecule has 1 aromatic carbocycles. The molecule has 15 heavy (non-hydrogen) atoms. The van der Waals surface area contributed by atoms with Crippen LogP contribution in [-0.2, 0) is 0 Å². The summed E-state index contributed by atoms with van der Waals surface area (Å²) >= 11 is 3.53. The van der Waals surface area contributed by atoms with Gasteiger partial charge in [-0.2, -0.15) is 0 Å². The average molecular weight is 269 g/mol. The largest absolute Gasteiger partial charge is 0.397 e. The van der Waals surface area contributed by atoms with Crippen LogP contribution in [0.3, 0.4) is 0 Å². The fourth-order valence-corrected chi connectivity index (χ4v) is 2.46. The van der Waals surface area contributed by atoms with Crippen molar-refractivity contribution in [3.05, 3.63) is 22.2 Å². The van der Waals surface area contributed by atoms with Crippen molar-refractivity contribution in [2.45, 2.75) is 38.6 Å². The molecule has 0 aromatic heterocycles. The number of aryl methyl sites for hydroxylation is 1. The smallest absolute Gasteiger partial charge is 0.0587 e. The molecule has 2 nitrogen and oxygen atoms in total. The van der Waals surface area contributed by atoms with E-state index >= 15 is 0 Å². The number of nitrogens with two attached hydrogens (primary N) is 1. The predicted molar refractivity (Wildman–Crippen MR) is 69.2 cm³/mol. The van der Waals surface area contributed by atoms with Crippen LogP contribution < -0.4 is 11.1 Å². The Morgan fingerprint density at radius 2 is 2.00 bits per heavy atom. The van der Waals surface area contributed by atoms with Crippen molar-refractivity contribution < 1.29 is 0 Å². The van der Waals surface area contributed by atoms with Crippen LogP contribution in [0, 0.1) is 6.92 Å². The minimum absolute atomic E-state index is 0.613. The molecule has 1 aromatic rings. The number of halogens is 1. The Balaban J connectivity index is 2.16. The molecule has 2 rings (SSSR count). The highest BCUT2D eigenvalue weighted by Crippen LogP contribution is 2.30. The van der Waals surface area contributed by atoms with Gasteiger partial charge in [0.05, 0.1) is 11.4 Å². The lowest BCUT2D eigenvalue weighted by atomic mass is 10.1. The van der Waals surface area contributed by atoms with Gasteiger partial charge in [-0.05, 0) is 37.5 Å². The summed E-state index contributed by atoms with van der Waals surface area (Å²) in [5, 5.41) is 3.52. The highest BCUT2D eigenvalue weighted by atomic mass is 79.9. The third-order valence-corrected chi connectivity index (χ3v) is 3.90. The third-order valence-electron chi connectivity index (χ3n) is 3.05. The summed E-state index contributed by atoms with van der Waals surface area (Å²) in [7, 11) is 0. The second-order valence-electron chi connectivity index (χ2n) is 4.31. The summed E-state index contributed by atoms with van der Waals surface area (Å²) in [5.41, 5.74) is 9.09. The second-order valence-corrected chi connectivity index (χ2v) is 5.17. The first kappa shape index (κ1) is 10.8. The number of hydrogen-bond acceptors (Lipinski definition) is 2. The zero-order valence-electron chi connectivity index (χ0n) is 9.02. The van der Waals surface area contributed by atoms with E-state index in [0.29, 0.717) is 6.04 Å². The van der Waals surface area contributed by atoms with Crippen molar-refractivity contribution in [3.8, 4) is 0 Å². The molecule has 0 atom stereocenters. The summed E-state index contributed by atoms with van der Waals surface area (Å²) in [6.07, 6.45) is 5.21. The lowest BCUT2D eigenvalue weighted by molar-refractivity contribution is 0.756. The number of benzene rings is 1. The van der Waals surface area contributed by atoms with Gasteiger partial charge < -0.3 is 11.1 Å². The van der Waals surface area contributed by atoms with Gasteiger partial charge in [0.1, 0.15) is 0 Å². The highest BCUT2D eigenvalue weighted by molar-refractivity contribution is 9.10. The number of rotatable bonds is 2. The fourth-order valence-electron chi connectivity index (χ4n) is 2.12. The zero-order chi connectivity index (χ0) is 10.8. The molecule has 0 bridgehead atoms. The normalized spacial score (nSPS) is 16.9. The van der Waals surface area contributed by atoms with E-state index < -0.39 is 0 Å². The van der Waals surface area contributed by atoms with Gasteiger partial charge >= 0.3 is 0 Å². The van der Waals surface area contributed by atoms with E-state index in [9.17, 15) is 0 Å². The summed E-state index contributed by atoms with van der Waals surface area (Å²) < 4.78 is 1.12. The minimum Gasteiger partial charge on any atom is -0.397 e. The Bertz CT molecular complexity index is 357. The highest BCUT2D eigenvalue weighted by Gasteiger charge is 2.15. The maximum absolute atomic E-state index is 5.99. The number of hydrogen-bond donors (Lipinski definition) is 2. The van der Waals surface area contributed by atoms with E-state index in [2.05, 4.69) is 34.2 Å². The molecule has 1 saturated carbocycles. The number of nitrogen functional groups attached to an aromatic ring is 1. The Morgan fingerprint density at radius 1 is 1.33 bits per heavy atom. The van der Waals surface area contributed by atoms with Gasteiger partial charge in [-0.3, -0.25) is 0 Å². The van der Waals surface area contributed by atoms with Crippen LogP contribution in [0.2, 0.25) is 0 Å². The first-order valence-corrected chi connectivity index (χ1v) is 6.28. The second kappa shape index (κ2) is 4.44. The summed E-state index contributed by atoms with van der Waals surface area (Å²) in [6, 6.07) is 4.71. The quantitative estimate of drug-likeness (QED) is 0.803. The third kappa shape index (κ3) is 2.46. The number of anilines is 2. The molecule has 1 aliphatic rings. The molecule has 1 fully saturated rings. The Morgan fingerprint density at radius 3 is 2.67 bits per heavy atom. The van der Waals surface area contributed by atoms with Crippen molar-refractivity contribution in [1.29, 1.82) is 0 Å². The molecule has 0 radical (unpaired) electrons. The Kier molecular flexibility index (Phi) is 3.19. The molecule has 0 spiro atoms. The van der Waals surface area contributed by atoms with Crippen LogP contribution >= 0.6 is 15.9 Å². The van der Waals surface area contributed by atoms with E-state index in [-0.39, 0.29) is 0 Å². The van der Waals surface area contributed by atoms with E-state index in [0.717, 1.165) is 15.8 Å². The Labute approximate surface area is 99.4 Å². The minimum atomic E-state index is 0.613. The molecule has 82 valence electrons. The van der Waals surface area contributed by atoms with Crippen LogP contribution in [0.1, 0.15) is 31.2 Å². The predicted octanol–water partition coefficient (Wildman–Crippen LogP) is 3.69. The summed E-state index contributed by atoms with van der Waals surface area (Å²) in [4.78, 5) is 0. The first-order chi connectivity index (χ1) is 7.16. The molecule has 1 aliphatic carbocycles. The van der Waals surface area contributed by atoms with E-state index in [1.54, 1.807) is 0 Å². The average Bonchev–Trinajstić information content (AvgIpc) is 2.67. The zero-order valence-corrected chi connectivity index (χ0v) is 10.6. The molecule has 0 heterocycles. The molecule has 3 heteroatoms. The molecular weight excluding hydrogens is 252 g/mol. The van der Waals surface area contributed by atoms with Crippen molar-refractivity contribution in [1.82, 2.24) is 0 Å². The molecule has 0 unspecified atom stereocenters. The fraction of sp³-hybridized carbons (Fsp3) is 0.500. The van der Waals surface area contributed by atoms with E-state index in [4.69, 9.17) is 5.73 Å². The van der Waals surface area contributed by atoms with Crippen LogP contribution in [0.25, 0.3) is 0 Å². The van der Waals surface area contributed by atoms with Crippen molar-refractivity contribution in [2.75, 3.05) is 11.1 Å². The maximum Gasteiger partial charge on any atom is 0.0587 e. The summed E-state index contributed by atoms with van der Waals surface area (Å²) in [5.74, 6) is 0. The monoisotopic (exact) mass is 268 g/mol. The van der Waals surface area contributed by atoms with Crippen molar-refractivity contribution in [3.63, 3.8) is 0 Å². The maximum atomic E-state index is 5.99. The van der Waals surface area contributed by atoms with Gasteiger partial charge in [0, 0.05) is 10.5 Å². The van der Waals surface area contributed by atoms with E-state index in [1.807, 2.05) is 6.07 Å². The molecule has 0 aliphatic heterocycles. The van der Waals surface area contributed by atoms with Gasteiger partial charge in [0.2, 0.25) is 0 Å². The van der Waals surface area contributed by atoms with Crippen LogP contribution in [0.15, 0.2) is 16.6 Å². The molecule has 0 amide bonds. The van der Waals surface area contributed by atoms with Gasteiger partial charge in [-0.15, -0.1) is 0 Å². The van der Waals surface area contributed by atoms with Crippen molar-refractivity contribution in [2.24, 2.45) is 0 Å². The first-order valence-electron chi connectivity index (χ1n) is 5.49. The molecule has 0 saturated heterocycles. The van der Waals surface area contributed by atoms with Gasteiger partial charge in [0.25, 0.3) is 0 Å². The lowest BCUT2D eigenvalue weighted by Crippen LogP contribution is -2.15. The summed E-state index contributed by atoms with van der Waals surface area (Å²) in [6.45, 7) is 2.06. The molecular formula is C12H17BrN2. The SMILES string of the molecule is Cc1cc(N)c(NC2CCCC2)cc1Br. The van der Waals surface area contributed by atoms with Crippen molar-refractivity contribution >= 4 is 27.3 Å². The topological polar surface area (TPSA) is 38.0 Å². The van der Waals surface area contributed by atoms with E-state index in [1.165, 1.54) is 31.2 Å². The van der Waals surface area contributed by atoms with Gasteiger partial charge in [0.15, 0.2) is 0 Å². The lowest BCUT2D eigenvalue weighted by Gasteiger charge is -2.16. The Hall–Kier alpha value is -0.700. The number of nitrogens with one attached hydrogen (secondary N) is 1. The van der Waals surface area contributed by atoms with Crippen LogP contribution in [0.5, 0.6) is 0 Å². The molecule has 3 N–H and O–H groups in total. The van der Waals surface area contributed by atoms with Gasteiger partial charge in [-0.1, -0.05) is 28.8 Å². The van der Waals surface area contributed by atoms with Crippen LogP contribution in [-0.4, -0.2) is 6.04 Å². The van der Waals surface area contributed by atoms with Gasteiger partial charge in [-0.25, -0.2) is 0 Å². The van der Waals surface area contributed by atoms with Crippen LogP contribution in [0.4, 0.5) is 11.4 Å². The standard InChI is InChI=1S/C12H17BrN2/c1-8-6-11(14)12(7-10(8)13)15-9-4-2-3-5-9/h6-7,9,15H,2-5,14H2,1H3.